The van der Waals surface area contributed by atoms with Crippen molar-refractivity contribution in [3.8, 4) is 17.3 Å². The van der Waals surface area contributed by atoms with Crippen LogP contribution in [0.3, 0.4) is 0 Å². The Bertz CT molecular complexity index is 1280. The molecule has 0 saturated heterocycles. The van der Waals surface area contributed by atoms with Crippen LogP contribution in [0.4, 0.5) is 20.3 Å². The molecule has 4 aromatic rings. The van der Waals surface area contributed by atoms with Crippen molar-refractivity contribution in [1.82, 2.24) is 15.0 Å². The number of aromatic nitrogens is 3. The van der Waals surface area contributed by atoms with E-state index in [9.17, 15) is 23.8 Å². The number of carbonyl (C=O) groups is 1. The summed E-state index contributed by atoms with van der Waals surface area (Å²) in [7, 11) is 0. The lowest BCUT2D eigenvalue weighted by Crippen LogP contribution is -2.28. The van der Waals surface area contributed by atoms with Gasteiger partial charge in [0.2, 0.25) is 5.88 Å². The maximum atomic E-state index is 14.3. The van der Waals surface area contributed by atoms with Crippen molar-refractivity contribution in [2.24, 2.45) is 0 Å². The molecule has 2 aromatic carbocycles. The molecule has 0 bridgehead atoms. The van der Waals surface area contributed by atoms with Crippen LogP contribution < -0.4 is 5.32 Å². The average molecular weight is 424 g/mol. The SMILES string of the molecule is CC(C)(C(=O)O)c1ccc(Nc2nc(-c3c(F)cccc3F)nc3c[nH]c(O)c23)cc1. The molecule has 0 atom stereocenters. The molecule has 0 fully saturated rings. The molecule has 2 heterocycles. The number of fused-ring (bicyclic) bond motifs is 1. The number of nitrogens with one attached hydrogen (secondary N) is 2. The summed E-state index contributed by atoms with van der Waals surface area (Å²) >= 11 is 0. The third-order valence-corrected chi connectivity index (χ3v) is 5.11. The monoisotopic (exact) mass is 424 g/mol. The number of aromatic amines is 1. The Morgan fingerprint density at radius 3 is 2.32 bits per heavy atom. The number of carboxylic acids is 1. The Balaban J connectivity index is 1.79. The van der Waals surface area contributed by atoms with Gasteiger partial charge in [-0.25, -0.2) is 18.7 Å². The molecule has 2 aromatic heterocycles. The summed E-state index contributed by atoms with van der Waals surface area (Å²) in [5.74, 6) is -2.85. The van der Waals surface area contributed by atoms with Gasteiger partial charge in [0.15, 0.2) is 5.82 Å². The zero-order valence-corrected chi connectivity index (χ0v) is 16.6. The van der Waals surface area contributed by atoms with Gasteiger partial charge in [-0.2, -0.15) is 0 Å². The summed E-state index contributed by atoms with van der Waals surface area (Å²) < 4.78 is 28.6. The second-order valence-electron chi connectivity index (χ2n) is 7.52. The van der Waals surface area contributed by atoms with E-state index in [4.69, 9.17) is 0 Å². The average Bonchev–Trinajstić information content (AvgIpc) is 3.09. The molecule has 0 aliphatic heterocycles. The standard InChI is InChI=1S/C22H18F2N4O3/c1-22(2,21(30)31)11-6-8-12(9-7-11)26-19-17-15(10-25-20(17)29)27-18(28-19)16-13(23)4-3-5-14(16)24/h3-10,25,29H,1-2H3,(H,30,31)(H,26,27,28). The second kappa shape index (κ2) is 7.35. The van der Waals surface area contributed by atoms with Gasteiger partial charge in [-0.3, -0.25) is 4.79 Å². The fourth-order valence-corrected chi connectivity index (χ4v) is 3.17. The molecule has 31 heavy (non-hydrogen) atoms. The molecular formula is C22H18F2N4O3. The van der Waals surface area contributed by atoms with Crippen LogP contribution in [0, 0.1) is 11.6 Å². The number of rotatable bonds is 5. The Labute approximate surface area is 175 Å². The number of benzene rings is 2. The highest BCUT2D eigenvalue weighted by Gasteiger charge is 2.29. The lowest BCUT2D eigenvalue weighted by Gasteiger charge is -2.20. The number of hydrogen-bond acceptors (Lipinski definition) is 5. The van der Waals surface area contributed by atoms with Gasteiger partial charge in [0, 0.05) is 11.9 Å². The zero-order chi connectivity index (χ0) is 22.3. The number of anilines is 2. The highest BCUT2D eigenvalue weighted by atomic mass is 19.1. The van der Waals surface area contributed by atoms with Crippen molar-refractivity contribution in [2.45, 2.75) is 19.3 Å². The maximum Gasteiger partial charge on any atom is 0.313 e. The first-order valence-electron chi connectivity index (χ1n) is 9.32. The molecular weight excluding hydrogens is 406 g/mol. The minimum absolute atomic E-state index is 0.131. The number of H-pyrrole nitrogens is 1. The normalized spacial score (nSPS) is 11.6. The summed E-state index contributed by atoms with van der Waals surface area (Å²) in [6, 6.07) is 10.1. The van der Waals surface area contributed by atoms with E-state index in [0.717, 1.165) is 12.1 Å². The predicted octanol–water partition coefficient (Wildman–Crippen LogP) is 4.71. The van der Waals surface area contributed by atoms with Gasteiger partial charge < -0.3 is 20.5 Å². The quantitative estimate of drug-likeness (QED) is 0.369. The van der Waals surface area contributed by atoms with Crippen LogP contribution in [0.15, 0.2) is 48.7 Å². The highest BCUT2D eigenvalue weighted by Crippen LogP contribution is 2.34. The summed E-state index contributed by atoms with van der Waals surface area (Å²) in [5.41, 5.74) is -0.0692. The summed E-state index contributed by atoms with van der Waals surface area (Å²) in [4.78, 5) is 22.5. The molecule has 9 heteroatoms. The molecule has 0 radical (unpaired) electrons. The van der Waals surface area contributed by atoms with Crippen LogP contribution in [0.1, 0.15) is 19.4 Å². The molecule has 4 N–H and O–H groups in total. The Hall–Kier alpha value is -4.01. The summed E-state index contributed by atoms with van der Waals surface area (Å²) in [6.45, 7) is 3.19. The van der Waals surface area contributed by atoms with Crippen LogP contribution in [-0.4, -0.2) is 31.1 Å². The van der Waals surface area contributed by atoms with Crippen molar-refractivity contribution in [2.75, 3.05) is 5.32 Å². The van der Waals surface area contributed by atoms with E-state index in [1.54, 1.807) is 38.1 Å². The fraction of sp³-hybridized carbons (Fsp3) is 0.136. The molecule has 4 rings (SSSR count). The molecule has 0 aliphatic rings. The van der Waals surface area contributed by atoms with Gasteiger partial charge >= 0.3 is 5.97 Å². The number of halogens is 2. The fourth-order valence-electron chi connectivity index (χ4n) is 3.17. The smallest absolute Gasteiger partial charge is 0.313 e. The van der Waals surface area contributed by atoms with Crippen LogP contribution in [0.2, 0.25) is 0 Å². The minimum Gasteiger partial charge on any atom is -0.494 e. The molecule has 0 saturated carbocycles. The summed E-state index contributed by atoms with van der Waals surface area (Å²) in [6.07, 6.45) is 1.40. The first kappa shape index (κ1) is 20.3. The van der Waals surface area contributed by atoms with Crippen molar-refractivity contribution >= 4 is 28.4 Å². The predicted molar refractivity (Wildman–Crippen MR) is 111 cm³/mol. The van der Waals surface area contributed by atoms with E-state index >= 15 is 0 Å². The molecule has 0 amide bonds. The molecule has 7 nitrogen and oxygen atoms in total. The van der Waals surface area contributed by atoms with Gasteiger partial charge in [0.1, 0.15) is 22.8 Å². The first-order valence-corrected chi connectivity index (χ1v) is 9.32. The molecule has 0 unspecified atom stereocenters. The third-order valence-electron chi connectivity index (χ3n) is 5.11. The number of nitrogens with zero attached hydrogens (tertiary/aromatic N) is 2. The zero-order valence-electron chi connectivity index (χ0n) is 16.6. The highest BCUT2D eigenvalue weighted by molar-refractivity contribution is 5.96. The number of aromatic hydroxyl groups is 1. The van der Waals surface area contributed by atoms with E-state index in [1.807, 2.05) is 0 Å². The number of carboxylic acid groups (broad SMARTS) is 1. The molecule has 0 aliphatic carbocycles. The van der Waals surface area contributed by atoms with Gasteiger partial charge in [-0.15, -0.1) is 0 Å². The lowest BCUT2D eigenvalue weighted by atomic mass is 9.85. The van der Waals surface area contributed by atoms with Crippen LogP contribution in [0.25, 0.3) is 22.3 Å². The molecule has 0 spiro atoms. The number of hydrogen-bond donors (Lipinski definition) is 4. The van der Waals surface area contributed by atoms with Gasteiger partial charge in [0.25, 0.3) is 0 Å². The third kappa shape index (κ3) is 3.54. The van der Waals surface area contributed by atoms with E-state index in [2.05, 4.69) is 20.3 Å². The minimum atomic E-state index is -1.07. The van der Waals surface area contributed by atoms with E-state index < -0.39 is 23.0 Å². The Kier molecular flexibility index (Phi) is 4.81. The van der Waals surface area contributed by atoms with Gasteiger partial charge in [-0.1, -0.05) is 18.2 Å². The van der Waals surface area contributed by atoms with Crippen molar-refractivity contribution in [3.63, 3.8) is 0 Å². The van der Waals surface area contributed by atoms with Crippen molar-refractivity contribution in [3.05, 3.63) is 65.9 Å². The Morgan fingerprint density at radius 2 is 1.71 bits per heavy atom. The van der Waals surface area contributed by atoms with Gasteiger partial charge in [0.05, 0.1) is 16.5 Å². The summed E-state index contributed by atoms with van der Waals surface area (Å²) in [5, 5.41) is 22.8. The molecule has 158 valence electrons. The maximum absolute atomic E-state index is 14.3. The largest absolute Gasteiger partial charge is 0.494 e. The lowest BCUT2D eigenvalue weighted by molar-refractivity contribution is -0.142. The van der Waals surface area contributed by atoms with Crippen molar-refractivity contribution < 1.29 is 23.8 Å². The first-order chi connectivity index (χ1) is 14.7. The Morgan fingerprint density at radius 1 is 1.06 bits per heavy atom. The van der Waals surface area contributed by atoms with Crippen LogP contribution in [-0.2, 0) is 10.2 Å². The van der Waals surface area contributed by atoms with E-state index in [1.165, 1.54) is 12.3 Å². The van der Waals surface area contributed by atoms with E-state index in [0.29, 0.717) is 11.3 Å². The topological polar surface area (TPSA) is 111 Å². The number of aliphatic carboxylic acids is 1. The van der Waals surface area contributed by atoms with Crippen molar-refractivity contribution in [1.29, 1.82) is 0 Å². The van der Waals surface area contributed by atoms with E-state index in [-0.39, 0.29) is 34.0 Å². The van der Waals surface area contributed by atoms with Gasteiger partial charge in [-0.05, 0) is 43.7 Å². The van der Waals surface area contributed by atoms with Crippen LogP contribution >= 0.6 is 0 Å². The van der Waals surface area contributed by atoms with Crippen LogP contribution in [0.5, 0.6) is 5.88 Å². The second-order valence-corrected chi connectivity index (χ2v) is 7.52.